The molecule has 0 amide bonds. The maximum atomic E-state index is 12.9. The quantitative estimate of drug-likeness (QED) is 0.680. The van der Waals surface area contributed by atoms with Gasteiger partial charge in [0, 0.05) is 29.2 Å². The van der Waals surface area contributed by atoms with E-state index < -0.39 is 10.0 Å². The molecule has 4 nitrogen and oxygen atoms in total. The minimum Gasteiger partial charge on any atom is -0.300 e. The Morgan fingerprint density at radius 1 is 1.04 bits per heavy atom. The molecule has 148 valence electrons. The SMILES string of the molecule is CC1CCN(C2CCC(N(C)S(=O)(=O)c3cc(Cl)cc(Cl)c3)C2)CC1.Cl. The monoisotopic (exact) mass is 440 g/mol. The van der Waals surface area contributed by atoms with Crippen LogP contribution in [0.15, 0.2) is 23.1 Å². The van der Waals surface area contributed by atoms with Crippen molar-refractivity contribution in [2.45, 2.75) is 56.0 Å². The number of likely N-dealkylation sites (tertiary alicyclic amines) is 1. The topological polar surface area (TPSA) is 40.6 Å². The van der Waals surface area contributed by atoms with Crippen molar-refractivity contribution in [3.8, 4) is 0 Å². The molecule has 2 aliphatic rings. The summed E-state index contributed by atoms with van der Waals surface area (Å²) in [6.07, 6.45) is 5.36. The smallest absolute Gasteiger partial charge is 0.243 e. The van der Waals surface area contributed by atoms with Gasteiger partial charge in [-0.2, -0.15) is 4.31 Å². The normalized spacial score (nSPS) is 25.4. The molecule has 0 spiro atoms. The van der Waals surface area contributed by atoms with Gasteiger partial charge in [0.25, 0.3) is 0 Å². The van der Waals surface area contributed by atoms with Crippen molar-refractivity contribution in [2.75, 3.05) is 20.1 Å². The largest absolute Gasteiger partial charge is 0.300 e. The molecule has 0 radical (unpaired) electrons. The summed E-state index contributed by atoms with van der Waals surface area (Å²) in [6, 6.07) is 5.02. The molecule has 1 aliphatic heterocycles. The van der Waals surface area contributed by atoms with Crippen molar-refractivity contribution >= 4 is 45.6 Å². The molecule has 0 aromatic heterocycles. The maximum absolute atomic E-state index is 12.9. The number of hydrogen-bond acceptors (Lipinski definition) is 3. The van der Waals surface area contributed by atoms with Crippen LogP contribution < -0.4 is 0 Å². The highest BCUT2D eigenvalue weighted by Crippen LogP contribution is 2.33. The third-order valence-corrected chi connectivity index (χ3v) is 8.06. The third kappa shape index (κ3) is 4.86. The first-order valence-electron chi connectivity index (χ1n) is 8.95. The van der Waals surface area contributed by atoms with Crippen molar-refractivity contribution < 1.29 is 8.42 Å². The van der Waals surface area contributed by atoms with E-state index in [1.165, 1.54) is 29.3 Å². The van der Waals surface area contributed by atoms with Crippen molar-refractivity contribution in [2.24, 2.45) is 5.92 Å². The van der Waals surface area contributed by atoms with Gasteiger partial charge in [-0.15, -0.1) is 12.4 Å². The zero-order chi connectivity index (χ0) is 18.2. The highest BCUT2D eigenvalue weighted by Gasteiger charge is 2.37. The van der Waals surface area contributed by atoms with Gasteiger partial charge in [0.05, 0.1) is 4.90 Å². The Bertz CT molecular complexity index is 701. The van der Waals surface area contributed by atoms with E-state index in [1.54, 1.807) is 13.1 Å². The average molecular weight is 442 g/mol. The number of piperidine rings is 1. The van der Waals surface area contributed by atoms with E-state index in [4.69, 9.17) is 23.2 Å². The van der Waals surface area contributed by atoms with Gasteiger partial charge in [-0.05, 0) is 69.3 Å². The Morgan fingerprint density at radius 2 is 1.62 bits per heavy atom. The van der Waals surface area contributed by atoms with Crippen LogP contribution in [-0.2, 0) is 10.0 Å². The lowest BCUT2D eigenvalue weighted by atomic mass is 9.97. The standard InChI is InChI=1S/C18H26Cl2N2O2S.ClH/c1-13-5-7-22(8-6-13)17-4-3-16(12-17)21(2)25(23,24)18-10-14(19)9-15(20)11-18;/h9-11,13,16-17H,3-8,12H2,1-2H3;1H. The number of halogens is 3. The molecule has 26 heavy (non-hydrogen) atoms. The number of nitrogens with zero attached hydrogens (tertiary/aromatic N) is 2. The van der Waals surface area contributed by atoms with Gasteiger partial charge in [0.2, 0.25) is 10.0 Å². The lowest BCUT2D eigenvalue weighted by Gasteiger charge is -2.35. The molecule has 1 saturated heterocycles. The van der Waals surface area contributed by atoms with Crippen LogP contribution in [0.25, 0.3) is 0 Å². The van der Waals surface area contributed by atoms with Gasteiger partial charge >= 0.3 is 0 Å². The zero-order valence-corrected chi connectivity index (χ0v) is 18.3. The summed E-state index contributed by atoms with van der Waals surface area (Å²) >= 11 is 12.0. The summed E-state index contributed by atoms with van der Waals surface area (Å²) in [5.74, 6) is 0.809. The minimum atomic E-state index is -3.58. The van der Waals surface area contributed by atoms with Gasteiger partial charge in [0.15, 0.2) is 0 Å². The van der Waals surface area contributed by atoms with Crippen LogP contribution in [0, 0.1) is 5.92 Å². The Morgan fingerprint density at radius 3 is 2.19 bits per heavy atom. The summed E-state index contributed by atoms with van der Waals surface area (Å²) in [7, 11) is -1.91. The van der Waals surface area contributed by atoms with Gasteiger partial charge < -0.3 is 4.90 Å². The fraction of sp³-hybridized carbons (Fsp3) is 0.667. The predicted octanol–water partition coefficient (Wildman–Crippen LogP) is 4.69. The molecule has 1 aliphatic carbocycles. The molecule has 2 atom stereocenters. The van der Waals surface area contributed by atoms with Crippen LogP contribution in [0.5, 0.6) is 0 Å². The van der Waals surface area contributed by atoms with E-state index >= 15 is 0 Å². The lowest BCUT2D eigenvalue weighted by Crippen LogP contribution is -2.41. The van der Waals surface area contributed by atoms with E-state index in [2.05, 4.69) is 11.8 Å². The fourth-order valence-electron chi connectivity index (χ4n) is 4.03. The molecule has 8 heteroatoms. The number of rotatable bonds is 4. The molecule has 1 heterocycles. The highest BCUT2D eigenvalue weighted by molar-refractivity contribution is 7.89. The van der Waals surface area contributed by atoms with E-state index in [1.807, 2.05) is 0 Å². The minimum absolute atomic E-state index is 0. The Labute approximate surface area is 173 Å². The van der Waals surface area contributed by atoms with Crippen LogP contribution in [0.3, 0.4) is 0 Å². The highest BCUT2D eigenvalue weighted by atomic mass is 35.5. The molecular weight excluding hydrogens is 415 g/mol. The second kappa shape index (κ2) is 8.97. The van der Waals surface area contributed by atoms with Gasteiger partial charge in [-0.1, -0.05) is 30.1 Å². The molecule has 3 rings (SSSR count). The fourth-order valence-corrected chi connectivity index (χ4v) is 6.15. The van der Waals surface area contributed by atoms with Crippen molar-refractivity contribution in [3.05, 3.63) is 28.2 Å². The summed E-state index contributed by atoms with van der Waals surface area (Å²) < 4.78 is 27.4. The Hall–Kier alpha value is -0.0400. The lowest BCUT2D eigenvalue weighted by molar-refractivity contribution is 0.136. The second-order valence-electron chi connectivity index (χ2n) is 7.47. The van der Waals surface area contributed by atoms with Crippen LogP contribution >= 0.6 is 35.6 Å². The van der Waals surface area contributed by atoms with E-state index in [0.717, 1.165) is 38.3 Å². The van der Waals surface area contributed by atoms with Crippen LogP contribution in [0.1, 0.15) is 39.0 Å². The van der Waals surface area contributed by atoms with Crippen LogP contribution in [-0.4, -0.2) is 49.8 Å². The number of sulfonamides is 1. The van der Waals surface area contributed by atoms with E-state index in [-0.39, 0.29) is 23.3 Å². The number of benzene rings is 1. The molecule has 0 bridgehead atoms. The molecule has 2 fully saturated rings. The third-order valence-electron chi connectivity index (χ3n) is 5.74. The van der Waals surface area contributed by atoms with E-state index in [0.29, 0.717) is 16.1 Å². The molecular formula is C18H27Cl3N2O2S. The van der Waals surface area contributed by atoms with E-state index in [9.17, 15) is 8.42 Å². The van der Waals surface area contributed by atoms with Gasteiger partial charge in [-0.3, -0.25) is 0 Å². The molecule has 2 unspecified atom stereocenters. The summed E-state index contributed by atoms with van der Waals surface area (Å²) in [6.45, 7) is 4.59. The van der Waals surface area contributed by atoms with Crippen LogP contribution in [0.2, 0.25) is 10.0 Å². The van der Waals surface area contributed by atoms with Crippen LogP contribution in [0.4, 0.5) is 0 Å². The van der Waals surface area contributed by atoms with Crippen molar-refractivity contribution in [3.63, 3.8) is 0 Å². The molecule has 0 N–H and O–H groups in total. The maximum Gasteiger partial charge on any atom is 0.243 e. The first-order chi connectivity index (χ1) is 11.8. The Balaban J connectivity index is 0.00000243. The molecule has 1 saturated carbocycles. The first kappa shape index (κ1) is 22.3. The molecule has 1 aromatic carbocycles. The van der Waals surface area contributed by atoms with Crippen molar-refractivity contribution in [1.82, 2.24) is 9.21 Å². The predicted molar refractivity (Wildman–Crippen MR) is 110 cm³/mol. The summed E-state index contributed by atoms with van der Waals surface area (Å²) in [5.41, 5.74) is 0. The zero-order valence-electron chi connectivity index (χ0n) is 15.2. The summed E-state index contributed by atoms with van der Waals surface area (Å²) in [5, 5.41) is 0.678. The number of hydrogen-bond donors (Lipinski definition) is 0. The first-order valence-corrected chi connectivity index (χ1v) is 11.1. The molecule has 1 aromatic rings. The van der Waals surface area contributed by atoms with Crippen molar-refractivity contribution in [1.29, 1.82) is 0 Å². The summed E-state index contributed by atoms with van der Waals surface area (Å²) in [4.78, 5) is 2.72. The average Bonchev–Trinajstić information content (AvgIpc) is 3.03. The second-order valence-corrected chi connectivity index (χ2v) is 10.3. The van der Waals surface area contributed by atoms with Gasteiger partial charge in [-0.25, -0.2) is 8.42 Å². The Kier molecular flexibility index (Phi) is 7.68. The van der Waals surface area contributed by atoms with Gasteiger partial charge in [0.1, 0.15) is 0 Å².